The summed E-state index contributed by atoms with van der Waals surface area (Å²) in [7, 11) is 0. The van der Waals surface area contributed by atoms with E-state index in [0.29, 0.717) is 11.8 Å². The molecule has 0 atom stereocenters. The van der Waals surface area contributed by atoms with Gasteiger partial charge in [-0.3, -0.25) is 4.79 Å². The fraction of sp³-hybridized carbons (Fsp3) is 0.240. The van der Waals surface area contributed by atoms with Crippen molar-refractivity contribution in [3.05, 3.63) is 77.9 Å². The van der Waals surface area contributed by atoms with E-state index in [0.717, 1.165) is 34.4 Å². The van der Waals surface area contributed by atoms with Crippen molar-refractivity contribution in [1.82, 2.24) is 0 Å². The van der Waals surface area contributed by atoms with Gasteiger partial charge in [0.25, 0.3) is 0 Å². The molecule has 27 heavy (non-hydrogen) atoms. The highest BCUT2D eigenvalue weighted by atomic mass is 16.1. The lowest BCUT2D eigenvalue weighted by molar-refractivity contribution is -0.105. The molecule has 0 spiro atoms. The average molecular weight is 357 g/mol. The van der Waals surface area contributed by atoms with Crippen molar-refractivity contribution in [2.24, 2.45) is 0 Å². The minimum absolute atomic E-state index is 0.342. The first-order valence-electron chi connectivity index (χ1n) is 9.56. The Labute approximate surface area is 162 Å². The Kier molecular flexibility index (Phi) is 5.75. The van der Waals surface area contributed by atoms with Gasteiger partial charge in [-0.1, -0.05) is 94.4 Å². The van der Waals surface area contributed by atoms with Crippen LogP contribution < -0.4 is 5.32 Å². The molecule has 0 aliphatic heterocycles. The van der Waals surface area contributed by atoms with Gasteiger partial charge in [-0.05, 0) is 34.1 Å². The van der Waals surface area contributed by atoms with Crippen molar-refractivity contribution >= 4 is 12.1 Å². The maximum absolute atomic E-state index is 11.6. The van der Waals surface area contributed by atoms with Crippen LogP contribution >= 0.6 is 0 Å². The van der Waals surface area contributed by atoms with Gasteiger partial charge in [0.15, 0.2) is 0 Å². The zero-order valence-electron chi connectivity index (χ0n) is 16.5. The van der Waals surface area contributed by atoms with E-state index in [1.165, 1.54) is 11.1 Å². The van der Waals surface area contributed by atoms with E-state index in [-0.39, 0.29) is 0 Å². The zero-order chi connectivity index (χ0) is 19.4. The maximum atomic E-state index is 11.6. The first-order valence-corrected chi connectivity index (χ1v) is 9.56. The van der Waals surface area contributed by atoms with Gasteiger partial charge in [0, 0.05) is 11.1 Å². The van der Waals surface area contributed by atoms with Gasteiger partial charge >= 0.3 is 0 Å². The second-order valence-corrected chi connectivity index (χ2v) is 7.48. The molecular formula is C25H27NO. The predicted molar refractivity (Wildman–Crippen MR) is 115 cm³/mol. The van der Waals surface area contributed by atoms with Gasteiger partial charge in [0.05, 0.1) is 5.69 Å². The molecule has 0 heterocycles. The Morgan fingerprint density at radius 1 is 0.704 bits per heavy atom. The highest BCUT2D eigenvalue weighted by Gasteiger charge is 2.22. The molecule has 138 valence electrons. The minimum Gasteiger partial charge on any atom is -0.328 e. The number of carbonyl (C=O) groups is 1. The second-order valence-electron chi connectivity index (χ2n) is 7.48. The smallest absolute Gasteiger partial charge is 0.211 e. The lowest BCUT2D eigenvalue weighted by Gasteiger charge is -2.25. The van der Waals surface area contributed by atoms with Crippen LogP contribution in [0.2, 0.25) is 0 Å². The van der Waals surface area contributed by atoms with E-state index >= 15 is 0 Å². The normalized spacial score (nSPS) is 11.0. The Morgan fingerprint density at radius 2 is 1.11 bits per heavy atom. The molecule has 3 aromatic carbocycles. The third-order valence-corrected chi connectivity index (χ3v) is 4.96. The van der Waals surface area contributed by atoms with Crippen molar-refractivity contribution in [2.75, 3.05) is 5.32 Å². The quantitative estimate of drug-likeness (QED) is 0.481. The number of anilines is 1. The van der Waals surface area contributed by atoms with Crippen molar-refractivity contribution in [2.45, 2.75) is 39.5 Å². The highest BCUT2D eigenvalue weighted by molar-refractivity contribution is 5.98. The molecule has 2 heteroatoms. The Hall–Kier alpha value is -2.87. The van der Waals surface area contributed by atoms with Crippen LogP contribution in [0, 0.1) is 0 Å². The topological polar surface area (TPSA) is 29.1 Å². The van der Waals surface area contributed by atoms with Crippen LogP contribution in [0.25, 0.3) is 22.3 Å². The first kappa shape index (κ1) is 18.9. The lowest BCUT2D eigenvalue weighted by atomic mass is 9.81. The third kappa shape index (κ3) is 3.80. The van der Waals surface area contributed by atoms with Crippen LogP contribution in [0.15, 0.2) is 66.7 Å². The highest BCUT2D eigenvalue weighted by Crippen LogP contribution is 2.45. The van der Waals surface area contributed by atoms with Crippen molar-refractivity contribution in [3.63, 3.8) is 0 Å². The number of hydrogen-bond acceptors (Lipinski definition) is 1. The predicted octanol–water partition coefficient (Wildman–Crippen LogP) is 6.84. The standard InChI is InChI=1S/C25H27NO/c1-17(2)21-15-22(18(3)4)24(20-13-9-6-10-14-20)25(26-16-27)23(21)19-11-7-5-8-12-19/h5-18H,1-4H3,(H,26,27). The van der Waals surface area contributed by atoms with Gasteiger partial charge < -0.3 is 5.32 Å². The monoisotopic (exact) mass is 357 g/mol. The number of carbonyl (C=O) groups excluding carboxylic acids is 1. The summed E-state index contributed by atoms with van der Waals surface area (Å²) in [6.07, 6.45) is 0.794. The molecule has 1 N–H and O–H groups in total. The first-order chi connectivity index (χ1) is 13.0. The van der Waals surface area contributed by atoms with Crippen LogP contribution in [0.1, 0.15) is 50.7 Å². The second kappa shape index (κ2) is 8.22. The summed E-state index contributed by atoms with van der Waals surface area (Å²) < 4.78 is 0. The van der Waals surface area contributed by atoms with Crippen LogP contribution in [-0.4, -0.2) is 6.41 Å². The maximum Gasteiger partial charge on any atom is 0.211 e. The summed E-state index contributed by atoms with van der Waals surface area (Å²) in [5.74, 6) is 0.685. The van der Waals surface area contributed by atoms with Crippen LogP contribution in [0.4, 0.5) is 5.69 Å². The third-order valence-electron chi connectivity index (χ3n) is 4.96. The summed E-state index contributed by atoms with van der Waals surface area (Å²) in [5, 5.41) is 3.05. The molecule has 0 aliphatic carbocycles. The molecule has 2 nitrogen and oxygen atoms in total. The Morgan fingerprint density at radius 3 is 1.44 bits per heavy atom. The van der Waals surface area contributed by atoms with Gasteiger partial charge in [0.1, 0.15) is 0 Å². The fourth-order valence-electron chi connectivity index (χ4n) is 3.67. The number of nitrogens with one attached hydrogen (secondary N) is 1. The van der Waals surface area contributed by atoms with E-state index < -0.39 is 0 Å². The fourth-order valence-corrected chi connectivity index (χ4v) is 3.67. The van der Waals surface area contributed by atoms with Gasteiger partial charge in [0.2, 0.25) is 6.41 Å². The lowest BCUT2D eigenvalue weighted by Crippen LogP contribution is -2.07. The molecule has 0 aromatic heterocycles. The molecule has 0 fully saturated rings. The summed E-state index contributed by atoms with van der Waals surface area (Å²) in [6.45, 7) is 8.83. The molecule has 0 unspecified atom stereocenters. The largest absolute Gasteiger partial charge is 0.328 e. The van der Waals surface area contributed by atoms with Crippen LogP contribution in [-0.2, 0) is 4.79 Å². The number of benzene rings is 3. The summed E-state index contributed by atoms with van der Waals surface area (Å²) in [5.41, 5.74) is 7.89. The summed E-state index contributed by atoms with van der Waals surface area (Å²) >= 11 is 0. The summed E-state index contributed by atoms with van der Waals surface area (Å²) in [4.78, 5) is 11.6. The Balaban J connectivity index is 2.46. The molecule has 0 radical (unpaired) electrons. The van der Waals surface area contributed by atoms with E-state index in [1.54, 1.807) is 0 Å². The molecule has 0 saturated carbocycles. The van der Waals surface area contributed by atoms with E-state index in [4.69, 9.17) is 0 Å². The van der Waals surface area contributed by atoms with Crippen LogP contribution in [0.5, 0.6) is 0 Å². The molecule has 3 rings (SSSR count). The van der Waals surface area contributed by atoms with Gasteiger partial charge in [-0.2, -0.15) is 0 Å². The molecule has 1 amide bonds. The molecular weight excluding hydrogens is 330 g/mol. The van der Waals surface area contributed by atoms with Gasteiger partial charge in [-0.25, -0.2) is 0 Å². The number of amides is 1. The molecule has 0 bridgehead atoms. The summed E-state index contributed by atoms with van der Waals surface area (Å²) in [6, 6.07) is 23.0. The average Bonchev–Trinajstić information content (AvgIpc) is 2.68. The minimum atomic E-state index is 0.342. The zero-order valence-corrected chi connectivity index (χ0v) is 16.5. The molecule has 0 saturated heterocycles. The van der Waals surface area contributed by atoms with Crippen molar-refractivity contribution in [1.29, 1.82) is 0 Å². The van der Waals surface area contributed by atoms with Gasteiger partial charge in [-0.15, -0.1) is 0 Å². The van der Waals surface area contributed by atoms with Crippen LogP contribution in [0.3, 0.4) is 0 Å². The van der Waals surface area contributed by atoms with Crippen molar-refractivity contribution in [3.8, 4) is 22.3 Å². The van der Waals surface area contributed by atoms with E-state index in [9.17, 15) is 4.79 Å². The van der Waals surface area contributed by atoms with E-state index in [2.05, 4.69) is 63.3 Å². The number of rotatable bonds is 6. The number of hydrogen-bond donors (Lipinski definition) is 1. The van der Waals surface area contributed by atoms with Crippen molar-refractivity contribution < 1.29 is 4.79 Å². The Bertz CT molecular complexity index is 842. The SMILES string of the molecule is CC(C)c1cc(C(C)C)c(-c2ccccc2)c(NC=O)c1-c1ccccc1. The molecule has 0 aliphatic rings. The van der Waals surface area contributed by atoms with E-state index in [1.807, 2.05) is 36.4 Å². The molecule has 3 aromatic rings.